The zero-order valence-corrected chi connectivity index (χ0v) is 20.8. The maximum absolute atomic E-state index is 13.7. The van der Waals surface area contributed by atoms with Gasteiger partial charge in [0.2, 0.25) is 0 Å². The second-order valence-corrected chi connectivity index (χ2v) is 10.3. The van der Waals surface area contributed by atoms with Crippen molar-refractivity contribution in [3.05, 3.63) is 165 Å². The molecule has 0 N–H and O–H groups in total. The van der Waals surface area contributed by atoms with Crippen molar-refractivity contribution < 1.29 is 27.6 Å². The van der Waals surface area contributed by atoms with E-state index in [-0.39, 0.29) is 11.6 Å². The van der Waals surface area contributed by atoms with Crippen molar-refractivity contribution in [2.75, 3.05) is 0 Å². The van der Waals surface area contributed by atoms with E-state index in [1.54, 1.807) is 0 Å². The van der Waals surface area contributed by atoms with Gasteiger partial charge in [0, 0.05) is 0 Å². The molecule has 2 nitrogen and oxygen atoms in total. The third-order valence-corrected chi connectivity index (χ3v) is 7.46. The number of allylic oxidation sites excluding steroid dienone is 2. The summed E-state index contributed by atoms with van der Waals surface area (Å²) in [5.41, 5.74) is 3.62. The van der Waals surface area contributed by atoms with E-state index in [0.29, 0.717) is 8.09 Å². The molecule has 0 unspecified atom stereocenters. The minimum absolute atomic E-state index is 0.0821. The van der Waals surface area contributed by atoms with Crippen molar-refractivity contribution in [3.8, 4) is 0 Å². The summed E-state index contributed by atoms with van der Waals surface area (Å²) in [6, 6.07) is 38.8. The summed E-state index contributed by atoms with van der Waals surface area (Å²) in [7, 11) is 0. The summed E-state index contributed by atoms with van der Waals surface area (Å²) < 4.78 is 0.852. The molecule has 0 aromatic heterocycles. The van der Waals surface area contributed by atoms with Gasteiger partial charge in [-0.25, -0.2) is 0 Å². The third-order valence-electron chi connectivity index (χ3n) is 5.75. The number of hydrogen-bond donors (Lipinski definition) is 0. The molecule has 0 atom stereocenters. The molecule has 0 aliphatic rings. The van der Waals surface area contributed by atoms with Crippen LogP contribution in [0.4, 0.5) is 0 Å². The normalized spacial score (nSPS) is 10.9. The van der Waals surface area contributed by atoms with Crippen molar-refractivity contribution in [1.82, 2.24) is 0 Å². The average Bonchev–Trinajstić information content (AvgIpc) is 2.91. The Morgan fingerprint density at radius 1 is 0.457 bits per heavy atom. The van der Waals surface area contributed by atoms with Gasteiger partial charge in [-0.1, -0.05) is 0 Å². The number of rotatable bonds is 10. The van der Waals surface area contributed by atoms with Crippen molar-refractivity contribution in [3.63, 3.8) is 0 Å². The molecule has 0 aliphatic carbocycles. The van der Waals surface area contributed by atoms with Gasteiger partial charge in [-0.2, -0.15) is 0 Å². The van der Waals surface area contributed by atoms with Crippen LogP contribution in [0, 0.1) is 0 Å². The zero-order chi connectivity index (χ0) is 24.6. The van der Waals surface area contributed by atoms with Crippen LogP contribution < -0.4 is 0 Å². The Morgan fingerprint density at radius 3 is 0.914 bits per heavy atom. The molecular formula is C32H26O2Pd. The first kappa shape index (κ1) is 24.5. The van der Waals surface area contributed by atoms with Gasteiger partial charge in [-0.3, -0.25) is 0 Å². The van der Waals surface area contributed by atoms with Crippen LogP contribution in [0.5, 0.6) is 0 Å². The molecule has 0 aliphatic heterocycles. The van der Waals surface area contributed by atoms with Gasteiger partial charge in [-0.15, -0.1) is 0 Å². The molecule has 4 aromatic carbocycles. The van der Waals surface area contributed by atoms with Gasteiger partial charge in [0.1, 0.15) is 0 Å². The second kappa shape index (κ2) is 11.7. The molecule has 0 fully saturated rings. The van der Waals surface area contributed by atoms with E-state index in [4.69, 9.17) is 0 Å². The van der Waals surface area contributed by atoms with Crippen LogP contribution in [-0.2, 0) is 27.6 Å². The number of Topliss-reactive ketones (excluding diaryl/α,β-unsaturated/α-hetero) is 2. The Balaban J connectivity index is 1.59. The van der Waals surface area contributed by atoms with E-state index >= 15 is 0 Å². The quantitative estimate of drug-likeness (QED) is 0.160. The van der Waals surface area contributed by atoms with Gasteiger partial charge < -0.3 is 0 Å². The summed E-state index contributed by atoms with van der Waals surface area (Å²) in [4.78, 5) is 27.3. The van der Waals surface area contributed by atoms with Crippen LogP contribution in [0.25, 0.3) is 0 Å². The van der Waals surface area contributed by atoms with Gasteiger partial charge in [-0.05, 0) is 0 Å². The molecule has 176 valence electrons. The van der Waals surface area contributed by atoms with Crippen molar-refractivity contribution in [2.24, 2.45) is 0 Å². The predicted molar refractivity (Wildman–Crippen MR) is 138 cm³/mol. The monoisotopic (exact) mass is 548 g/mol. The Morgan fingerprint density at radius 2 is 0.686 bits per heavy atom. The van der Waals surface area contributed by atoms with Crippen LogP contribution in [0.15, 0.2) is 143 Å². The summed E-state index contributed by atoms with van der Waals surface area (Å²) in [5, 5.41) is 0. The Bertz CT molecular complexity index is 1130. The molecule has 35 heavy (non-hydrogen) atoms. The third kappa shape index (κ3) is 5.90. The first-order chi connectivity index (χ1) is 17.1. The fourth-order valence-corrected chi connectivity index (χ4v) is 5.46. The number of carbonyl (C=O) groups excluding carboxylic acids is 2. The molecule has 3 heteroatoms. The molecule has 0 saturated carbocycles. The fraction of sp³-hybridized carbons (Fsp3) is 0.0625. The van der Waals surface area contributed by atoms with E-state index in [9.17, 15) is 9.59 Å². The number of ketones is 2. The molecule has 0 bridgehead atoms. The molecule has 4 aromatic rings. The van der Waals surface area contributed by atoms with Gasteiger partial charge in [0.05, 0.1) is 0 Å². The molecule has 0 spiro atoms. The van der Waals surface area contributed by atoms with Crippen LogP contribution in [0.2, 0.25) is 0 Å². The van der Waals surface area contributed by atoms with Gasteiger partial charge in [0.15, 0.2) is 0 Å². The number of carbonyl (C=O) groups is 2. The standard InChI is InChI=1S/2C16H13O.Pd/c2*1-2-15(17)16(13-9-5-3-6-10-13)14-11-7-4-8-12-14;/h2*3-12,16H,1H2;. The van der Waals surface area contributed by atoms with Crippen LogP contribution in [0.1, 0.15) is 34.1 Å². The van der Waals surface area contributed by atoms with Crippen LogP contribution in [-0.4, -0.2) is 11.6 Å². The van der Waals surface area contributed by atoms with Crippen molar-refractivity contribution >= 4 is 11.6 Å². The Kier molecular flexibility index (Phi) is 8.16. The fourth-order valence-electron chi connectivity index (χ4n) is 4.06. The molecular weight excluding hydrogens is 523 g/mol. The van der Waals surface area contributed by atoms with E-state index in [1.807, 2.05) is 121 Å². The zero-order valence-electron chi connectivity index (χ0n) is 19.2. The number of hydrogen-bond acceptors (Lipinski definition) is 2. The van der Waals surface area contributed by atoms with E-state index < -0.39 is 29.8 Å². The molecule has 4 rings (SSSR count). The molecule has 0 saturated heterocycles. The van der Waals surface area contributed by atoms with Crippen LogP contribution in [0.3, 0.4) is 0 Å². The van der Waals surface area contributed by atoms with E-state index in [0.717, 1.165) is 22.3 Å². The minimum atomic E-state index is -0.467. The summed E-state index contributed by atoms with van der Waals surface area (Å²) in [6.45, 7) is 8.23. The van der Waals surface area contributed by atoms with E-state index in [1.165, 1.54) is 0 Å². The summed E-state index contributed by atoms with van der Waals surface area (Å²) in [5.74, 6) is -1.10. The summed E-state index contributed by atoms with van der Waals surface area (Å²) in [6.07, 6.45) is 0. The predicted octanol–water partition coefficient (Wildman–Crippen LogP) is 6.90. The van der Waals surface area contributed by atoms with E-state index in [2.05, 4.69) is 13.2 Å². The Hall–Kier alpha value is -3.64. The maximum atomic E-state index is 13.7. The van der Waals surface area contributed by atoms with Crippen molar-refractivity contribution in [2.45, 2.75) is 11.8 Å². The summed E-state index contributed by atoms with van der Waals surface area (Å²) >= 11 is -0.432. The Labute approximate surface area is 215 Å². The topological polar surface area (TPSA) is 34.1 Å². The average molecular weight is 549 g/mol. The van der Waals surface area contributed by atoms with Crippen molar-refractivity contribution in [1.29, 1.82) is 0 Å². The SMILES string of the molecule is C=[C]([Pd][C](=C)C(=O)C(c1ccccc1)c1ccccc1)C(=O)C(c1ccccc1)c1ccccc1. The first-order valence-corrected chi connectivity index (χ1v) is 12.9. The van der Waals surface area contributed by atoms with Gasteiger partial charge in [0.25, 0.3) is 0 Å². The molecule has 0 heterocycles. The number of benzene rings is 4. The molecule has 0 amide bonds. The molecule has 0 radical (unpaired) electrons. The first-order valence-electron chi connectivity index (χ1n) is 11.3. The van der Waals surface area contributed by atoms with Crippen LogP contribution >= 0.6 is 0 Å². The second-order valence-electron chi connectivity index (χ2n) is 8.05. The van der Waals surface area contributed by atoms with Gasteiger partial charge >= 0.3 is 216 Å².